The summed E-state index contributed by atoms with van der Waals surface area (Å²) in [7, 11) is 1.36. The highest BCUT2D eigenvalue weighted by molar-refractivity contribution is 9.11. The minimum atomic E-state index is -0.400. The molecule has 1 aliphatic carbocycles. The quantitative estimate of drug-likeness (QED) is 0.433. The molecule has 2 aliphatic rings. The van der Waals surface area contributed by atoms with Gasteiger partial charge in [-0.15, -0.1) is 0 Å². The zero-order chi connectivity index (χ0) is 15.5. The lowest BCUT2D eigenvalue weighted by molar-refractivity contribution is -0.135. The first-order chi connectivity index (χ1) is 9.99. The van der Waals surface area contributed by atoms with Crippen molar-refractivity contribution in [1.82, 2.24) is 4.90 Å². The maximum absolute atomic E-state index is 12.4. The van der Waals surface area contributed by atoms with E-state index in [4.69, 9.17) is 0 Å². The number of halogens is 1. The van der Waals surface area contributed by atoms with E-state index >= 15 is 0 Å². The van der Waals surface area contributed by atoms with Gasteiger partial charge in [0.2, 0.25) is 5.91 Å². The number of carbonyl (C=O) groups is 2. The number of amides is 1. The third kappa shape index (κ3) is 3.28. The smallest absolute Gasteiger partial charge is 0.330 e. The Bertz CT molecular complexity index is 512. The Balaban J connectivity index is 2.29. The maximum atomic E-state index is 12.4. The van der Waals surface area contributed by atoms with Gasteiger partial charge in [-0.3, -0.25) is 4.79 Å². The molecule has 4 nitrogen and oxygen atoms in total. The van der Waals surface area contributed by atoms with Gasteiger partial charge in [0.05, 0.1) is 12.6 Å². The van der Waals surface area contributed by atoms with Crippen LogP contribution in [0.15, 0.2) is 35.4 Å². The fourth-order valence-corrected chi connectivity index (χ4v) is 3.36. The molecule has 2 rings (SSSR count). The van der Waals surface area contributed by atoms with Crippen molar-refractivity contribution in [3.63, 3.8) is 0 Å². The van der Waals surface area contributed by atoms with Crippen molar-refractivity contribution in [1.29, 1.82) is 0 Å². The number of carbonyl (C=O) groups excluding carboxylic acids is 2. The summed E-state index contributed by atoms with van der Waals surface area (Å²) in [6.45, 7) is 4.44. The standard InChI is InChI=1S/C16H20BrNO3/c1-12(17)7-10-18-14(19)11-13-5-3-4-8-16(13,18)9-6-15(20)21-2/h3,5-6,9,13H,1,4,7-8,10-11H2,2H3/b9-6-/t13-,16+/m0/s1. The average molecular weight is 354 g/mol. The first kappa shape index (κ1) is 16.0. The van der Waals surface area contributed by atoms with Gasteiger partial charge in [0, 0.05) is 25.0 Å². The highest BCUT2D eigenvalue weighted by Gasteiger charge is 2.50. The van der Waals surface area contributed by atoms with Crippen molar-refractivity contribution in [2.75, 3.05) is 13.7 Å². The molecular formula is C16H20BrNO3. The fourth-order valence-electron chi connectivity index (χ4n) is 3.18. The van der Waals surface area contributed by atoms with Crippen LogP contribution in [0.2, 0.25) is 0 Å². The van der Waals surface area contributed by atoms with Crippen LogP contribution in [-0.2, 0) is 14.3 Å². The number of hydrogen-bond donors (Lipinski definition) is 0. The maximum Gasteiger partial charge on any atom is 0.330 e. The highest BCUT2D eigenvalue weighted by atomic mass is 79.9. The van der Waals surface area contributed by atoms with E-state index in [1.165, 1.54) is 13.2 Å². The van der Waals surface area contributed by atoms with Gasteiger partial charge in [-0.2, -0.15) is 0 Å². The predicted octanol–water partition coefficient (Wildman–Crippen LogP) is 2.95. The minimum Gasteiger partial charge on any atom is -0.466 e. The summed E-state index contributed by atoms with van der Waals surface area (Å²) in [5.74, 6) is -0.125. The van der Waals surface area contributed by atoms with E-state index in [2.05, 4.69) is 39.4 Å². The third-order valence-electron chi connectivity index (χ3n) is 4.24. The summed E-state index contributed by atoms with van der Waals surface area (Å²) in [6.07, 6.45) is 10.5. The Hall–Kier alpha value is -1.36. The summed E-state index contributed by atoms with van der Waals surface area (Å²) in [5, 5.41) is 0. The number of nitrogens with zero attached hydrogens (tertiary/aromatic N) is 1. The number of ether oxygens (including phenoxy) is 1. The average Bonchev–Trinajstić information content (AvgIpc) is 2.74. The normalized spacial score (nSPS) is 28.0. The molecule has 0 aromatic heterocycles. The van der Waals surface area contributed by atoms with E-state index in [-0.39, 0.29) is 17.8 Å². The first-order valence-corrected chi connectivity index (χ1v) is 7.86. The molecule has 1 fully saturated rings. The summed E-state index contributed by atoms with van der Waals surface area (Å²) >= 11 is 3.34. The number of likely N-dealkylation sites (tertiary alicyclic amines) is 1. The topological polar surface area (TPSA) is 46.6 Å². The van der Waals surface area contributed by atoms with Gasteiger partial charge in [-0.05, 0) is 23.7 Å². The molecule has 0 radical (unpaired) electrons. The first-order valence-electron chi connectivity index (χ1n) is 7.07. The van der Waals surface area contributed by atoms with E-state index in [1.807, 2.05) is 11.0 Å². The fraction of sp³-hybridized carbons (Fsp3) is 0.500. The SMILES string of the molecule is C=C(Br)CCN1C(=O)C[C@@H]2C=CCC[C@@]21/C=C\C(=O)OC. The van der Waals surface area contributed by atoms with Gasteiger partial charge in [0.25, 0.3) is 0 Å². The second-order valence-corrected chi connectivity index (χ2v) is 6.56. The lowest BCUT2D eigenvalue weighted by Crippen LogP contribution is -2.48. The van der Waals surface area contributed by atoms with Gasteiger partial charge < -0.3 is 9.64 Å². The van der Waals surface area contributed by atoms with Crippen molar-refractivity contribution in [2.45, 2.75) is 31.2 Å². The number of hydrogen-bond acceptors (Lipinski definition) is 3. The van der Waals surface area contributed by atoms with Crippen LogP contribution < -0.4 is 0 Å². The summed E-state index contributed by atoms with van der Waals surface area (Å²) in [5.41, 5.74) is -0.400. The number of esters is 1. The zero-order valence-electron chi connectivity index (χ0n) is 12.2. The second-order valence-electron chi connectivity index (χ2n) is 5.44. The Morgan fingerprint density at radius 1 is 1.67 bits per heavy atom. The van der Waals surface area contributed by atoms with Gasteiger partial charge in [-0.1, -0.05) is 40.7 Å². The van der Waals surface area contributed by atoms with Crippen LogP contribution in [0, 0.1) is 5.92 Å². The summed E-state index contributed by atoms with van der Waals surface area (Å²) < 4.78 is 5.55. The largest absolute Gasteiger partial charge is 0.466 e. The number of allylic oxidation sites excluding steroid dienone is 1. The van der Waals surface area contributed by atoms with Gasteiger partial charge in [0.1, 0.15) is 0 Å². The van der Waals surface area contributed by atoms with E-state index in [0.717, 1.165) is 17.3 Å². The molecule has 0 aromatic rings. The summed E-state index contributed by atoms with van der Waals surface area (Å²) in [4.78, 5) is 25.7. The Kier molecular flexibility index (Phi) is 5.04. The van der Waals surface area contributed by atoms with Crippen LogP contribution in [-0.4, -0.2) is 36.0 Å². The lowest BCUT2D eigenvalue weighted by atomic mass is 9.77. The number of rotatable bonds is 5. The van der Waals surface area contributed by atoms with E-state index < -0.39 is 5.54 Å². The molecule has 2 atom stereocenters. The molecule has 114 valence electrons. The number of fused-ring (bicyclic) bond motifs is 1. The second kappa shape index (κ2) is 6.60. The van der Waals surface area contributed by atoms with Crippen LogP contribution in [0.4, 0.5) is 0 Å². The summed E-state index contributed by atoms with van der Waals surface area (Å²) in [6, 6.07) is 0. The molecule has 1 saturated heterocycles. The highest BCUT2D eigenvalue weighted by Crippen LogP contribution is 2.44. The Labute approximate surface area is 133 Å². The van der Waals surface area contributed by atoms with Crippen LogP contribution in [0.25, 0.3) is 0 Å². The molecule has 0 spiro atoms. The number of methoxy groups -OCH3 is 1. The van der Waals surface area contributed by atoms with Crippen molar-refractivity contribution < 1.29 is 14.3 Å². The van der Waals surface area contributed by atoms with Crippen molar-refractivity contribution in [3.05, 3.63) is 35.4 Å². The molecular weight excluding hydrogens is 334 g/mol. The molecule has 0 bridgehead atoms. The third-order valence-corrected chi connectivity index (χ3v) is 4.63. The van der Waals surface area contributed by atoms with Crippen LogP contribution >= 0.6 is 15.9 Å². The lowest BCUT2D eigenvalue weighted by Gasteiger charge is -2.41. The molecule has 5 heteroatoms. The van der Waals surface area contributed by atoms with Crippen LogP contribution in [0.1, 0.15) is 25.7 Å². The van der Waals surface area contributed by atoms with Crippen molar-refractivity contribution in [2.24, 2.45) is 5.92 Å². The van der Waals surface area contributed by atoms with Crippen molar-refractivity contribution in [3.8, 4) is 0 Å². The zero-order valence-corrected chi connectivity index (χ0v) is 13.8. The molecule has 0 N–H and O–H groups in total. The van der Waals surface area contributed by atoms with Crippen molar-refractivity contribution >= 4 is 27.8 Å². The Morgan fingerprint density at radius 2 is 2.43 bits per heavy atom. The van der Waals surface area contributed by atoms with Crippen LogP contribution in [0.5, 0.6) is 0 Å². The van der Waals surface area contributed by atoms with Crippen LogP contribution in [0.3, 0.4) is 0 Å². The molecule has 0 saturated carbocycles. The van der Waals surface area contributed by atoms with E-state index in [0.29, 0.717) is 19.4 Å². The van der Waals surface area contributed by atoms with E-state index in [1.54, 1.807) is 0 Å². The molecule has 0 aromatic carbocycles. The molecule has 21 heavy (non-hydrogen) atoms. The molecule has 0 unspecified atom stereocenters. The monoisotopic (exact) mass is 353 g/mol. The van der Waals surface area contributed by atoms with Gasteiger partial charge in [-0.25, -0.2) is 4.79 Å². The predicted molar refractivity (Wildman–Crippen MR) is 84.8 cm³/mol. The minimum absolute atomic E-state index is 0.128. The van der Waals surface area contributed by atoms with Gasteiger partial charge in [0.15, 0.2) is 0 Å². The van der Waals surface area contributed by atoms with Gasteiger partial charge >= 0.3 is 5.97 Å². The molecule has 1 heterocycles. The Morgan fingerprint density at radius 3 is 3.10 bits per heavy atom. The van der Waals surface area contributed by atoms with E-state index in [9.17, 15) is 9.59 Å². The molecule has 1 amide bonds. The molecule has 1 aliphatic heterocycles.